The molecule has 0 saturated carbocycles. The van der Waals surface area contributed by atoms with Crippen LogP contribution in [-0.4, -0.2) is 45.7 Å². The van der Waals surface area contributed by atoms with Crippen molar-refractivity contribution in [1.29, 1.82) is 0 Å². The van der Waals surface area contributed by atoms with Gasteiger partial charge in [-0.05, 0) is 52.6 Å². The lowest BCUT2D eigenvalue weighted by Crippen LogP contribution is -2.42. The van der Waals surface area contributed by atoms with E-state index in [4.69, 9.17) is 4.52 Å². The number of nitrogens with one attached hydrogen (secondary N) is 1. The van der Waals surface area contributed by atoms with Gasteiger partial charge in [-0.25, -0.2) is 0 Å². The normalized spacial score (nSPS) is 22.6. The molecule has 0 radical (unpaired) electrons. The van der Waals surface area contributed by atoms with Crippen molar-refractivity contribution in [3.8, 4) is 5.82 Å². The van der Waals surface area contributed by atoms with Gasteiger partial charge in [0.15, 0.2) is 5.82 Å². The molecule has 2 aliphatic rings. The van der Waals surface area contributed by atoms with Crippen molar-refractivity contribution in [1.82, 2.24) is 19.9 Å². The molecule has 136 valence electrons. The molecule has 2 aromatic rings. The molecule has 1 amide bonds. The highest BCUT2D eigenvalue weighted by Gasteiger charge is 2.39. The van der Waals surface area contributed by atoms with E-state index in [-0.39, 0.29) is 18.3 Å². The molecule has 7 heteroatoms. The molecule has 2 bridgehead atoms. The van der Waals surface area contributed by atoms with E-state index in [1.807, 2.05) is 37.5 Å². The molecule has 0 aromatic carbocycles. The van der Waals surface area contributed by atoms with E-state index in [0.717, 1.165) is 60.9 Å². The lowest BCUT2D eigenvalue weighted by Gasteiger charge is -2.28. The van der Waals surface area contributed by atoms with Crippen LogP contribution in [0.5, 0.6) is 0 Å². The van der Waals surface area contributed by atoms with Crippen molar-refractivity contribution in [3.63, 3.8) is 0 Å². The summed E-state index contributed by atoms with van der Waals surface area (Å²) >= 11 is 0. The van der Waals surface area contributed by atoms with E-state index in [2.05, 4.69) is 15.4 Å². The minimum atomic E-state index is 0. The van der Waals surface area contributed by atoms with E-state index in [9.17, 15) is 4.79 Å². The summed E-state index contributed by atoms with van der Waals surface area (Å²) in [5.74, 6) is 1.66. The molecule has 2 fully saturated rings. The number of carbonyl (C=O) groups excluding carboxylic acids is 1. The van der Waals surface area contributed by atoms with Gasteiger partial charge in [-0.15, -0.1) is 12.4 Å². The summed E-state index contributed by atoms with van der Waals surface area (Å²) in [6, 6.07) is 4.57. The molecule has 1 N–H and O–H groups in total. The number of carbonyl (C=O) groups is 1. The Labute approximate surface area is 153 Å². The van der Waals surface area contributed by atoms with Crippen molar-refractivity contribution in [3.05, 3.63) is 34.8 Å². The molecule has 25 heavy (non-hydrogen) atoms. The van der Waals surface area contributed by atoms with Gasteiger partial charge in [0, 0.05) is 36.1 Å². The topological polar surface area (TPSA) is 63.3 Å². The van der Waals surface area contributed by atoms with Gasteiger partial charge >= 0.3 is 0 Å². The maximum absolute atomic E-state index is 13.3. The van der Waals surface area contributed by atoms with E-state index in [1.165, 1.54) is 0 Å². The molecule has 2 atom stereocenters. The first-order chi connectivity index (χ1) is 11.6. The highest BCUT2D eigenvalue weighted by atomic mass is 35.5. The molecule has 2 unspecified atom stereocenters. The summed E-state index contributed by atoms with van der Waals surface area (Å²) in [4.78, 5) is 15.4. The fourth-order valence-corrected chi connectivity index (χ4v) is 4.24. The first-order valence-corrected chi connectivity index (χ1v) is 8.72. The third-order valence-electron chi connectivity index (χ3n) is 5.39. The Morgan fingerprint density at radius 2 is 1.96 bits per heavy atom. The number of nitrogens with zero attached hydrogens (tertiary/aromatic N) is 3. The minimum Gasteiger partial charge on any atom is -0.360 e. The second-order valence-corrected chi connectivity index (χ2v) is 7.01. The summed E-state index contributed by atoms with van der Waals surface area (Å²) < 4.78 is 7.20. The standard InChI is InChI=1S/C18H24N4O2.ClH/c1-11-8-16(13(3)21(11)17-9-12(2)24-20-17)18(23)22-14-4-5-15(22)10-19-7-6-14;/h8-9,14-15,19H,4-7,10H2,1-3H3;1H. The highest BCUT2D eigenvalue weighted by molar-refractivity contribution is 5.96. The molecular formula is C18H25ClN4O2. The second kappa shape index (κ2) is 6.84. The average molecular weight is 365 g/mol. The minimum absolute atomic E-state index is 0. The summed E-state index contributed by atoms with van der Waals surface area (Å²) in [6.07, 6.45) is 3.27. The molecule has 4 rings (SSSR count). The lowest BCUT2D eigenvalue weighted by molar-refractivity contribution is 0.0679. The Bertz CT molecular complexity index is 768. The van der Waals surface area contributed by atoms with Crippen LogP contribution in [0.4, 0.5) is 0 Å². The van der Waals surface area contributed by atoms with E-state index < -0.39 is 0 Å². The van der Waals surface area contributed by atoms with Crippen molar-refractivity contribution in [2.45, 2.75) is 52.1 Å². The maximum Gasteiger partial charge on any atom is 0.256 e. The zero-order valence-corrected chi connectivity index (χ0v) is 15.7. The molecule has 4 heterocycles. The molecule has 2 saturated heterocycles. The molecule has 2 aliphatic heterocycles. The second-order valence-electron chi connectivity index (χ2n) is 7.01. The zero-order chi connectivity index (χ0) is 16.8. The number of hydrogen-bond acceptors (Lipinski definition) is 4. The Hall–Kier alpha value is -1.79. The summed E-state index contributed by atoms with van der Waals surface area (Å²) in [6.45, 7) is 7.78. The van der Waals surface area contributed by atoms with Crippen LogP contribution >= 0.6 is 12.4 Å². The molecule has 0 aliphatic carbocycles. The highest BCUT2D eigenvalue weighted by Crippen LogP contribution is 2.31. The quantitative estimate of drug-likeness (QED) is 0.890. The number of rotatable bonds is 2. The third kappa shape index (κ3) is 2.98. The van der Waals surface area contributed by atoms with Crippen LogP contribution in [0, 0.1) is 20.8 Å². The van der Waals surface area contributed by atoms with Crippen LogP contribution in [0.2, 0.25) is 0 Å². The van der Waals surface area contributed by atoms with E-state index in [0.29, 0.717) is 12.1 Å². The summed E-state index contributed by atoms with van der Waals surface area (Å²) in [5, 5.41) is 7.56. The van der Waals surface area contributed by atoms with Gasteiger partial charge in [-0.2, -0.15) is 0 Å². The van der Waals surface area contributed by atoms with Gasteiger partial charge in [0.25, 0.3) is 5.91 Å². The van der Waals surface area contributed by atoms with Gasteiger partial charge in [0.05, 0.1) is 5.56 Å². The number of aryl methyl sites for hydroxylation is 2. The van der Waals surface area contributed by atoms with Crippen molar-refractivity contribution >= 4 is 18.3 Å². The fourth-order valence-electron chi connectivity index (χ4n) is 4.24. The predicted octanol–water partition coefficient (Wildman–Crippen LogP) is 2.78. The first-order valence-electron chi connectivity index (χ1n) is 8.72. The Balaban J connectivity index is 0.00000182. The van der Waals surface area contributed by atoms with E-state index >= 15 is 0 Å². The van der Waals surface area contributed by atoms with Crippen LogP contribution in [0.3, 0.4) is 0 Å². The summed E-state index contributed by atoms with van der Waals surface area (Å²) in [5.41, 5.74) is 2.72. The van der Waals surface area contributed by atoms with Crippen LogP contribution in [0.1, 0.15) is 46.8 Å². The lowest BCUT2D eigenvalue weighted by atomic mass is 10.1. The van der Waals surface area contributed by atoms with Crippen molar-refractivity contribution < 1.29 is 9.32 Å². The van der Waals surface area contributed by atoms with Crippen LogP contribution < -0.4 is 5.32 Å². The van der Waals surface area contributed by atoms with Crippen LogP contribution in [0.25, 0.3) is 5.82 Å². The van der Waals surface area contributed by atoms with Gasteiger partial charge in [-0.3, -0.25) is 9.36 Å². The SMILES string of the molecule is Cc1cc(-n2c(C)cc(C(=O)N3C4CCNCC3CC4)c2C)no1.Cl. The number of amides is 1. The first kappa shape index (κ1) is 18.0. The van der Waals surface area contributed by atoms with Gasteiger partial charge in [0.2, 0.25) is 0 Å². The largest absolute Gasteiger partial charge is 0.360 e. The van der Waals surface area contributed by atoms with Gasteiger partial charge in [0.1, 0.15) is 5.76 Å². The Morgan fingerprint density at radius 3 is 2.68 bits per heavy atom. The maximum atomic E-state index is 13.3. The van der Waals surface area contributed by atoms with Gasteiger partial charge < -0.3 is 14.7 Å². The monoisotopic (exact) mass is 364 g/mol. The number of aromatic nitrogens is 2. The average Bonchev–Trinajstić information content (AvgIpc) is 3.14. The Kier molecular flexibility index (Phi) is 4.93. The number of halogens is 1. The van der Waals surface area contributed by atoms with Crippen LogP contribution in [0.15, 0.2) is 16.7 Å². The van der Waals surface area contributed by atoms with Gasteiger partial charge in [-0.1, -0.05) is 5.16 Å². The molecule has 2 aromatic heterocycles. The summed E-state index contributed by atoms with van der Waals surface area (Å²) in [7, 11) is 0. The zero-order valence-electron chi connectivity index (χ0n) is 14.9. The fraction of sp³-hybridized carbons (Fsp3) is 0.556. The van der Waals surface area contributed by atoms with Crippen molar-refractivity contribution in [2.75, 3.05) is 13.1 Å². The third-order valence-corrected chi connectivity index (χ3v) is 5.39. The number of fused-ring (bicyclic) bond motifs is 2. The molecule has 6 nitrogen and oxygen atoms in total. The van der Waals surface area contributed by atoms with Crippen LogP contribution in [-0.2, 0) is 0 Å². The number of hydrogen-bond donors (Lipinski definition) is 1. The van der Waals surface area contributed by atoms with Crippen molar-refractivity contribution in [2.24, 2.45) is 0 Å². The molecular weight excluding hydrogens is 340 g/mol. The Morgan fingerprint density at radius 1 is 1.20 bits per heavy atom. The van der Waals surface area contributed by atoms with E-state index in [1.54, 1.807) is 0 Å². The smallest absolute Gasteiger partial charge is 0.256 e. The molecule has 0 spiro atoms. The predicted molar refractivity (Wildman–Crippen MR) is 97.8 cm³/mol.